The molecule has 2 N–H and O–H groups in total. The van der Waals surface area contributed by atoms with Gasteiger partial charge < -0.3 is 10.5 Å². The van der Waals surface area contributed by atoms with Gasteiger partial charge in [0, 0.05) is 5.56 Å². The van der Waals surface area contributed by atoms with E-state index in [-0.39, 0.29) is 0 Å². The van der Waals surface area contributed by atoms with Gasteiger partial charge in [0.25, 0.3) is 0 Å². The molecule has 2 aromatic rings. The van der Waals surface area contributed by atoms with Gasteiger partial charge in [-0.2, -0.15) is 0 Å². The summed E-state index contributed by atoms with van der Waals surface area (Å²) in [6, 6.07) is 9.39. The summed E-state index contributed by atoms with van der Waals surface area (Å²) in [5, 5.41) is 2.61. The van der Waals surface area contributed by atoms with E-state index >= 15 is 0 Å². The number of ether oxygens (including phenoxy) is 1. The number of hydrogen-bond donors (Lipinski definition) is 1. The van der Waals surface area contributed by atoms with Gasteiger partial charge in [-0.05, 0) is 23.6 Å². The molecule has 0 radical (unpaired) electrons. The number of halogens is 1. The van der Waals surface area contributed by atoms with E-state index in [9.17, 15) is 0 Å². The highest BCUT2D eigenvalue weighted by molar-refractivity contribution is 7.10. The zero-order valence-corrected chi connectivity index (χ0v) is 11.2. The van der Waals surface area contributed by atoms with E-state index in [1.807, 2.05) is 29.6 Å². The lowest BCUT2D eigenvalue weighted by Gasteiger charge is -2.06. The fraction of sp³-hybridized carbons (Fsp3) is 0.143. The Labute approximate surface area is 115 Å². The van der Waals surface area contributed by atoms with Crippen molar-refractivity contribution in [2.45, 2.75) is 6.61 Å². The first-order valence-corrected chi connectivity index (χ1v) is 6.69. The monoisotopic (exact) mass is 277 g/mol. The van der Waals surface area contributed by atoms with Gasteiger partial charge in [-0.3, -0.25) is 0 Å². The van der Waals surface area contributed by atoms with Crippen LogP contribution in [0.15, 0.2) is 35.7 Å². The Morgan fingerprint density at radius 1 is 1.28 bits per heavy atom. The van der Waals surface area contributed by atoms with Crippen LogP contribution in [0.25, 0.3) is 0 Å². The number of rotatable bonds is 3. The lowest BCUT2D eigenvalue weighted by Crippen LogP contribution is -1.96. The van der Waals surface area contributed by atoms with E-state index < -0.39 is 0 Å². The molecule has 18 heavy (non-hydrogen) atoms. The van der Waals surface area contributed by atoms with Crippen LogP contribution in [-0.2, 0) is 6.61 Å². The van der Waals surface area contributed by atoms with Gasteiger partial charge >= 0.3 is 0 Å². The number of benzene rings is 1. The van der Waals surface area contributed by atoms with Crippen molar-refractivity contribution in [2.75, 3.05) is 6.54 Å². The van der Waals surface area contributed by atoms with Crippen LogP contribution in [0.5, 0.6) is 5.75 Å². The number of nitrogens with two attached hydrogens (primary N) is 1. The van der Waals surface area contributed by atoms with Crippen molar-refractivity contribution in [1.29, 1.82) is 0 Å². The predicted octanol–water partition coefficient (Wildman–Crippen LogP) is 3.29. The first-order valence-electron chi connectivity index (χ1n) is 5.44. The summed E-state index contributed by atoms with van der Waals surface area (Å²) in [6.45, 7) is 0.830. The van der Waals surface area contributed by atoms with Gasteiger partial charge in [0.1, 0.15) is 12.4 Å². The molecular weight excluding hydrogens is 266 g/mol. The van der Waals surface area contributed by atoms with Crippen molar-refractivity contribution in [3.8, 4) is 17.6 Å². The molecule has 0 amide bonds. The highest BCUT2D eigenvalue weighted by atomic mass is 35.5. The van der Waals surface area contributed by atoms with E-state index in [4.69, 9.17) is 22.1 Å². The minimum absolute atomic E-state index is 0.362. The van der Waals surface area contributed by atoms with Gasteiger partial charge in [0.15, 0.2) is 0 Å². The fourth-order valence-corrected chi connectivity index (χ4v) is 2.35. The Morgan fingerprint density at radius 2 is 2.11 bits per heavy atom. The van der Waals surface area contributed by atoms with Crippen LogP contribution < -0.4 is 10.5 Å². The van der Waals surface area contributed by atoms with Crippen LogP contribution in [0.1, 0.15) is 10.4 Å². The predicted molar refractivity (Wildman–Crippen MR) is 76.0 cm³/mol. The van der Waals surface area contributed by atoms with Crippen LogP contribution >= 0.6 is 22.9 Å². The van der Waals surface area contributed by atoms with Crippen LogP contribution in [0.2, 0.25) is 5.02 Å². The number of hydrogen-bond acceptors (Lipinski definition) is 3. The van der Waals surface area contributed by atoms with E-state index in [2.05, 4.69) is 11.8 Å². The maximum Gasteiger partial charge on any atom is 0.138 e. The molecule has 1 aromatic carbocycles. The molecule has 0 saturated heterocycles. The Kier molecular flexibility index (Phi) is 4.66. The van der Waals surface area contributed by atoms with Crippen molar-refractivity contribution in [3.63, 3.8) is 0 Å². The van der Waals surface area contributed by atoms with Crippen molar-refractivity contribution >= 4 is 22.9 Å². The summed E-state index contributed by atoms with van der Waals surface area (Å²) < 4.78 is 5.68. The van der Waals surface area contributed by atoms with Gasteiger partial charge in [0.2, 0.25) is 0 Å². The number of thiophene rings is 1. The van der Waals surface area contributed by atoms with E-state index in [1.165, 1.54) is 0 Å². The summed E-state index contributed by atoms with van der Waals surface area (Å²) in [6.07, 6.45) is 0. The molecule has 2 nitrogen and oxygen atoms in total. The third kappa shape index (κ3) is 3.27. The maximum atomic E-state index is 6.02. The standard InChI is InChI=1S/C14H12ClNOS/c15-12-5-1-2-6-13(12)17-10-14-11(4-3-8-16)7-9-18-14/h1-2,5-7,9H,8,10,16H2. The average Bonchev–Trinajstić information content (AvgIpc) is 2.83. The Morgan fingerprint density at radius 3 is 2.89 bits per heavy atom. The molecular formula is C14H12ClNOS. The van der Waals surface area contributed by atoms with Crippen LogP contribution in [0.4, 0.5) is 0 Å². The van der Waals surface area contributed by atoms with Crippen LogP contribution in [-0.4, -0.2) is 6.54 Å². The fourth-order valence-electron chi connectivity index (χ4n) is 1.42. The Bertz CT molecular complexity index is 583. The molecule has 0 aliphatic carbocycles. The van der Waals surface area contributed by atoms with E-state index in [0.717, 1.165) is 10.4 Å². The van der Waals surface area contributed by atoms with Crippen molar-refractivity contribution in [2.24, 2.45) is 5.73 Å². The quantitative estimate of drug-likeness (QED) is 0.874. The molecule has 0 saturated carbocycles. The second-order valence-corrected chi connectivity index (χ2v) is 4.89. The smallest absolute Gasteiger partial charge is 0.138 e. The summed E-state index contributed by atoms with van der Waals surface area (Å²) in [7, 11) is 0. The van der Waals surface area contributed by atoms with Gasteiger partial charge in [-0.15, -0.1) is 11.3 Å². The molecule has 4 heteroatoms. The second-order valence-electron chi connectivity index (χ2n) is 3.48. The lowest BCUT2D eigenvalue weighted by molar-refractivity contribution is 0.310. The van der Waals surface area contributed by atoms with Gasteiger partial charge in [-0.1, -0.05) is 35.6 Å². The van der Waals surface area contributed by atoms with Gasteiger partial charge in [-0.25, -0.2) is 0 Å². The van der Waals surface area contributed by atoms with Crippen molar-refractivity contribution in [1.82, 2.24) is 0 Å². The van der Waals surface area contributed by atoms with E-state index in [1.54, 1.807) is 17.4 Å². The van der Waals surface area contributed by atoms with Crippen LogP contribution in [0, 0.1) is 11.8 Å². The molecule has 0 bridgehead atoms. The molecule has 2 rings (SSSR count). The molecule has 0 atom stereocenters. The lowest BCUT2D eigenvalue weighted by atomic mass is 10.2. The summed E-state index contributed by atoms with van der Waals surface area (Å²) in [4.78, 5) is 1.08. The first kappa shape index (κ1) is 13.0. The topological polar surface area (TPSA) is 35.2 Å². The Hall–Kier alpha value is -1.47. The highest BCUT2D eigenvalue weighted by Gasteiger charge is 2.05. The Balaban J connectivity index is 2.07. The molecule has 92 valence electrons. The molecule has 0 unspecified atom stereocenters. The zero-order valence-electron chi connectivity index (χ0n) is 9.65. The van der Waals surface area contributed by atoms with Crippen LogP contribution in [0.3, 0.4) is 0 Å². The molecule has 0 spiro atoms. The second kappa shape index (κ2) is 6.46. The minimum Gasteiger partial charge on any atom is -0.486 e. The molecule has 0 fully saturated rings. The van der Waals surface area contributed by atoms with E-state index in [0.29, 0.717) is 23.9 Å². The van der Waals surface area contributed by atoms with Crippen molar-refractivity contribution < 1.29 is 4.74 Å². The summed E-state index contributed by atoms with van der Waals surface area (Å²) in [5.74, 6) is 6.56. The molecule has 1 heterocycles. The van der Waals surface area contributed by atoms with Gasteiger partial charge in [0.05, 0.1) is 16.4 Å². The number of para-hydroxylation sites is 1. The third-order valence-electron chi connectivity index (χ3n) is 2.27. The SMILES string of the molecule is NCC#Cc1ccsc1COc1ccccc1Cl. The minimum atomic E-state index is 0.362. The maximum absolute atomic E-state index is 6.02. The first-order chi connectivity index (χ1) is 8.81. The summed E-state index contributed by atoms with van der Waals surface area (Å²) >= 11 is 7.64. The van der Waals surface area contributed by atoms with Crippen molar-refractivity contribution in [3.05, 3.63) is 51.2 Å². The largest absolute Gasteiger partial charge is 0.486 e. The molecule has 0 aliphatic rings. The molecule has 1 aromatic heterocycles. The normalized spacial score (nSPS) is 9.67. The molecule has 0 aliphatic heterocycles. The summed E-state index contributed by atoms with van der Waals surface area (Å²) in [5.41, 5.74) is 6.33. The third-order valence-corrected chi connectivity index (χ3v) is 3.47. The highest BCUT2D eigenvalue weighted by Crippen LogP contribution is 2.25. The average molecular weight is 278 g/mol. The zero-order chi connectivity index (χ0) is 12.8.